The van der Waals surface area contributed by atoms with Gasteiger partial charge in [-0.1, -0.05) is 18.2 Å². The average molecular weight is 473 g/mol. The van der Waals surface area contributed by atoms with Crippen molar-refractivity contribution in [3.05, 3.63) is 94.9 Å². The minimum atomic E-state index is -0.401. The van der Waals surface area contributed by atoms with Crippen molar-refractivity contribution in [1.82, 2.24) is 4.98 Å². The number of hydrogen-bond donors (Lipinski definition) is 2. The lowest BCUT2D eigenvalue weighted by atomic mass is 10.1. The smallest absolute Gasteiger partial charge is 0.293 e. The molecule has 0 fully saturated rings. The molecule has 3 amide bonds. The van der Waals surface area contributed by atoms with E-state index in [1.807, 2.05) is 24.3 Å². The van der Waals surface area contributed by atoms with Crippen molar-refractivity contribution in [3.8, 4) is 0 Å². The summed E-state index contributed by atoms with van der Waals surface area (Å²) >= 11 is 1.23. The van der Waals surface area contributed by atoms with Crippen LogP contribution < -0.4 is 15.5 Å². The number of hydrogen-bond acceptors (Lipinski definition) is 6. The van der Waals surface area contributed by atoms with E-state index in [1.54, 1.807) is 46.7 Å². The number of nitrogens with one attached hydrogen (secondary N) is 2. The number of para-hydroxylation sites is 1. The van der Waals surface area contributed by atoms with E-state index < -0.39 is 5.91 Å². The third kappa shape index (κ3) is 4.60. The van der Waals surface area contributed by atoms with E-state index in [0.29, 0.717) is 28.6 Å². The van der Waals surface area contributed by atoms with Crippen molar-refractivity contribution >= 4 is 45.6 Å². The SMILES string of the molecule is O=C(Cc1csc(NC(=O)c2ccco2)n1)Nc1ccc(C(=O)N2CCc3ccccc32)cc1. The maximum atomic E-state index is 12.9. The quantitative estimate of drug-likeness (QED) is 0.434. The summed E-state index contributed by atoms with van der Waals surface area (Å²) in [5.41, 5.74) is 3.81. The van der Waals surface area contributed by atoms with Gasteiger partial charge < -0.3 is 14.6 Å². The van der Waals surface area contributed by atoms with E-state index in [4.69, 9.17) is 4.42 Å². The summed E-state index contributed by atoms with van der Waals surface area (Å²) in [6, 6.07) is 17.9. The molecule has 3 heterocycles. The van der Waals surface area contributed by atoms with Gasteiger partial charge in [-0.05, 0) is 54.4 Å². The molecule has 0 saturated heterocycles. The molecule has 2 N–H and O–H groups in total. The number of anilines is 3. The Morgan fingerprint density at radius 2 is 1.82 bits per heavy atom. The largest absolute Gasteiger partial charge is 0.459 e. The van der Waals surface area contributed by atoms with Gasteiger partial charge in [-0.15, -0.1) is 11.3 Å². The summed E-state index contributed by atoms with van der Waals surface area (Å²) in [5, 5.41) is 7.55. The minimum absolute atomic E-state index is 0.0539. The molecule has 0 aliphatic carbocycles. The van der Waals surface area contributed by atoms with Crippen LogP contribution in [0.2, 0.25) is 0 Å². The number of thiazole rings is 1. The lowest BCUT2D eigenvalue weighted by molar-refractivity contribution is -0.115. The van der Waals surface area contributed by atoms with Gasteiger partial charge in [-0.3, -0.25) is 19.7 Å². The van der Waals surface area contributed by atoms with Gasteiger partial charge >= 0.3 is 0 Å². The van der Waals surface area contributed by atoms with Crippen LogP contribution in [0.25, 0.3) is 0 Å². The van der Waals surface area contributed by atoms with Crippen LogP contribution in [0.3, 0.4) is 0 Å². The number of carbonyl (C=O) groups excluding carboxylic acids is 3. The Hall–Kier alpha value is -4.24. The Balaban J connectivity index is 1.16. The van der Waals surface area contributed by atoms with Gasteiger partial charge in [0.15, 0.2) is 10.9 Å². The molecular weight excluding hydrogens is 452 g/mol. The van der Waals surface area contributed by atoms with E-state index in [2.05, 4.69) is 15.6 Å². The average Bonchev–Trinajstić information content (AvgIpc) is 3.60. The zero-order valence-corrected chi connectivity index (χ0v) is 18.8. The summed E-state index contributed by atoms with van der Waals surface area (Å²) in [6.07, 6.45) is 2.32. The topological polar surface area (TPSA) is 105 Å². The molecule has 34 heavy (non-hydrogen) atoms. The van der Waals surface area contributed by atoms with Crippen LogP contribution in [0.5, 0.6) is 0 Å². The van der Waals surface area contributed by atoms with Gasteiger partial charge in [0.25, 0.3) is 11.8 Å². The first-order chi connectivity index (χ1) is 16.6. The Labute approximate surface area is 199 Å². The van der Waals surface area contributed by atoms with Gasteiger partial charge in [0, 0.05) is 28.9 Å². The number of rotatable bonds is 6. The van der Waals surface area contributed by atoms with Crippen LogP contribution in [-0.4, -0.2) is 29.3 Å². The van der Waals surface area contributed by atoms with Gasteiger partial charge in [0.05, 0.1) is 18.4 Å². The van der Waals surface area contributed by atoms with Gasteiger partial charge in [-0.2, -0.15) is 0 Å². The normalized spacial score (nSPS) is 12.3. The molecular formula is C25H20N4O4S. The van der Waals surface area contributed by atoms with Crippen molar-refractivity contribution < 1.29 is 18.8 Å². The van der Waals surface area contributed by atoms with Crippen LogP contribution in [-0.2, 0) is 17.6 Å². The summed E-state index contributed by atoms with van der Waals surface area (Å²) in [6.45, 7) is 0.661. The molecule has 0 saturated carbocycles. The fraction of sp³-hybridized carbons (Fsp3) is 0.120. The first-order valence-corrected chi connectivity index (χ1v) is 11.5. The van der Waals surface area contributed by atoms with Crippen molar-refractivity contribution in [2.45, 2.75) is 12.8 Å². The molecule has 2 aromatic heterocycles. The number of aromatic nitrogens is 1. The highest BCUT2D eigenvalue weighted by Crippen LogP contribution is 2.29. The fourth-order valence-electron chi connectivity index (χ4n) is 3.78. The van der Waals surface area contributed by atoms with Crippen molar-refractivity contribution in [2.75, 3.05) is 22.1 Å². The van der Waals surface area contributed by atoms with Crippen LogP contribution in [0, 0.1) is 0 Å². The molecule has 8 nitrogen and oxygen atoms in total. The van der Waals surface area contributed by atoms with Gasteiger partial charge in [0.2, 0.25) is 5.91 Å². The van der Waals surface area contributed by atoms with E-state index in [0.717, 1.165) is 12.1 Å². The third-order valence-electron chi connectivity index (χ3n) is 5.41. The van der Waals surface area contributed by atoms with Crippen LogP contribution >= 0.6 is 11.3 Å². The number of nitrogens with zero attached hydrogens (tertiary/aromatic N) is 2. The molecule has 170 valence electrons. The number of furan rings is 1. The number of benzene rings is 2. The molecule has 9 heteroatoms. The summed E-state index contributed by atoms with van der Waals surface area (Å²) < 4.78 is 5.05. The first kappa shape index (κ1) is 21.6. The maximum Gasteiger partial charge on any atom is 0.293 e. The molecule has 0 unspecified atom stereocenters. The lowest BCUT2D eigenvalue weighted by Gasteiger charge is -2.17. The van der Waals surface area contributed by atoms with Gasteiger partial charge in [0.1, 0.15) is 0 Å². The summed E-state index contributed by atoms with van der Waals surface area (Å²) in [4.78, 5) is 43.5. The molecule has 1 aliphatic rings. The highest BCUT2D eigenvalue weighted by atomic mass is 32.1. The molecule has 0 spiro atoms. The van der Waals surface area contributed by atoms with E-state index in [9.17, 15) is 14.4 Å². The Morgan fingerprint density at radius 3 is 2.62 bits per heavy atom. The third-order valence-corrected chi connectivity index (χ3v) is 6.21. The summed E-state index contributed by atoms with van der Waals surface area (Å²) in [5.74, 6) is -0.524. The number of fused-ring (bicyclic) bond motifs is 1. The fourth-order valence-corrected chi connectivity index (χ4v) is 4.49. The molecule has 4 aromatic rings. The van der Waals surface area contributed by atoms with Crippen LogP contribution in [0.4, 0.5) is 16.5 Å². The highest BCUT2D eigenvalue weighted by Gasteiger charge is 2.25. The number of carbonyl (C=O) groups is 3. The highest BCUT2D eigenvalue weighted by molar-refractivity contribution is 7.14. The minimum Gasteiger partial charge on any atom is -0.459 e. The Bertz CT molecular complexity index is 1350. The lowest BCUT2D eigenvalue weighted by Crippen LogP contribution is -2.28. The molecule has 5 rings (SSSR count). The standard InChI is InChI=1S/C25H20N4O4S/c30-22(14-19-15-34-25(27-19)28-23(31)21-6-3-13-33-21)26-18-9-7-17(8-10-18)24(32)29-12-11-16-4-1-2-5-20(16)29/h1-10,13,15H,11-12,14H2,(H,26,30)(H,27,28,31). The number of amides is 3. The van der Waals surface area contributed by atoms with Crippen LogP contribution in [0.1, 0.15) is 32.2 Å². The van der Waals surface area contributed by atoms with E-state index in [-0.39, 0.29) is 24.0 Å². The molecule has 0 atom stereocenters. The second-order valence-electron chi connectivity index (χ2n) is 7.71. The van der Waals surface area contributed by atoms with E-state index in [1.165, 1.54) is 23.2 Å². The van der Waals surface area contributed by atoms with E-state index >= 15 is 0 Å². The molecule has 1 aliphatic heterocycles. The van der Waals surface area contributed by atoms with Gasteiger partial charge in [-0.25, -0.2) is 4.98 Å². The molecule has 0 radical (unpaired) electrons. The first-order valence-electron chi connectivity index (χ1n) is 10.7. The van der Waals surface area contributed by atoms with Crippen LogP contribution in [0.15, 0.2) is 76.7 Å². The Kier molecular flexibility index (Phi) is 5.92. The van der Waals surface area contributed by atoms with Crippen molar-refractivity contribution in [1.29, 1.82) is 0 Å². The second kappa shape index (κ2) is 9.32. The molecule has 2 aromatic carbocycles. The second-order valence-corrected chi connectivity index (χ2v) is 8.57. The predicted molar refractivity (Wildman–Crippen MR) is 129 cm³/mol. The zero-order chi connectivity index (χ0) is 23.5. The predicted octanol–water partition coefficient (Wildman–Crippen LogP) is 4.37. The zero-order valence-electron chi connectivity index (χ0n) is 18.0. The Morgan fingerprint density at radius 1 is 1.00 bits per heavy atom. The summed E-state index contributed by atoms with van der Waals surface area (Å²) in [7, 11) is 0. The monoisotopic (exact) mass is 472 g/mol. The molecule has 0 bridgehead atoms. The van der Waals surface area contributed by atoms with Crippen molar-refractivity contribution in [2.24, 2.45) is 0 Å². The van der Waals surface area contributed by atoms with Crippen molar-refractivity contribution in [3.63, 3.8) is 0 Å². The maximum absolute atomic E-state index is 12.9.